The summed E-state index contributed by atoms with van der Waals surface area (Å²) in [5, 5.41) is 9.05. The fourth-order valence-corrected chi connectivity index (χ4v) is 4.08. The van der Waals surface area contributed by atoms with Gasteiger partial charge in [-0.25, -0.2) is 0 Å². The number of benzene rings is 2. The van der Waals surface area contributed by atoms with E-state index in [2.05, 4.69) is 45.1 Å². The molecule has 0 spiro atoms. The van der Waals surface area contributed by atoms with Gasteiger partial charge in [0.2, 0.25) is 11.8 Å². The summed E-state index contributed by atoms with van der Waals surface area (Å²) >= 11 is 0. The van der Waals surface area contributed by atoms with Gasteiger partial charge >= 0.3 is 0 Å². The molecule has 2 aromatic carbocycles. The van der Waals surface area contributed by atoms with Crippen LogP contribution in [0.15, 0.2) is 48.5 Å². The van der Waals surface area contributed by atoms with Crippen molar-refractivity contribution in [1.82, 2.24) is 10.6 Å². The van der Waals surface area contributed by atoms with Crippen molar-refractivity contribution in [3.05, 3.63) is 54.1 Å². The number of anilines is 3. The molecule has 2 heterocycles. The maximum absolute atomic E-state index is 12.1. The molecule has 0 radical (unpaired) electrons. The predicted octanol–water partition coefficient (Wildman–Crippen LogP) is 3.56. The number of rotatable bonds is 6. The normalized spacial score (nSPS) is 19.1. The second-order valence-electron chi connectivity index (χ2n) is 8.19. The van der Waals surface area contributed by atoms with Crippen molar-refractivity contribution in [2.24, 2.45) is 5.92 Å². The van der Waals surface area contributed by atoms with Crippen molar-refractivity contribution in [3.8, 4) is 0 Å². The van der Waals surface area contributed by atoms with Crippen molar-refractivity contribution in [1.29, 1.82) is 0 Å². The number of nitrogens with one attached hydrogen (secondary N) is 3. The average Bonchev–Trinajstić information content (AvgIpc) is 3.03. The molecule has 2 aromatic rings. The van der Waals surface area contributed by atoms with Crippen LogP contribution in [0, 0.1) is 5.92 Å². The van der Waals surface area contributed by atoms with Crippen LogP contribution in [0.1, 0.15) is 37.7 Å². The van der Waals surface area contributed by atoms with Gasteiger partial charge in [-0.3, -0.25) is 9.59 Å². The van der Waals surface area contributed by atoms with E-state index >= 15 is 0 Å². The molecular formula is C24H30N4O2. The van der Waals surface area contributed by atoms with E-state index in [1.807, 2.05) is 24.3 Å². The number of hydrogen-bond acceptors (Lipinski definition) is 4. The van der Waals surface area contributed by atoms with Crippen LogP contribution in [-0.2, 0) is 16.1 Å². The van der Waals surface area contributed by atoms with Crippen molar-refractivity contribution in [2.75, 3.05) is 29.9 Å². The van der Waals surface area contributed by atoms with Crippen LogP contribution in [0.25, 0.3) is 0 Å². The maximum Gasteiger partial charge on any atom is 0.225 e. The molecule has 6 heteroatoms. The largest absolute Gasteiger partial charge is 0.372 e. The van der Waals surface area contributed by atoms with E-state index in [9.17, 15) is 9.59 Å². The van der Waals surface area contributed by atoms with Gasteiger partial charge < -0.3 is 20.9 Å². The Morgan fingerprint density at radius 1 is 0.933 bits per heavy atom. The summed E-state index contributed by atoms with van der Waals surface area (Å²) in [6, 6.07) is 16.7. The van der Waals surface area contributed by atoms with Crippen LogP contribution in [0.4, 0.5) is 17.1 Å². The Morgan fingerprint density at radius 3 is 2.17 bits per heavy atom. The van der Waals surface area contributed by atoms with Crippen LogP contribution >= 0.6 is 0 Å². The van der Waals surface area contributed by atoms with Crippen LogP contribution in [-0.4, -0.2) is 31.4 Å². The standard InChI is InChI=1S/C24H30N4O2/c29-23-15-19(17-25-23)24(30)26-16-18-5-7-20(8-6-18)27-21-9-11-22(12-10-21)28-13-3-1-2-4-14-28/h5-12,19,27H,1-4,13-17H2,(H,25,29)(H,26,30)/t19-/m1/s1. The minimum atomic E-state index is -0.254. The molecule has 6 nitrogen and oxygen atoms in total. The van der Waals surface area contributed by atoms with Crippen LogP contribution in [0.2, 0.25) is 0 Å². The van der Waals surface area contributed by atoms with Gasteiger partial charge in [0.25, 0.3) is 0 Å². The summed E-state index contributed by atoms with van der Waals surface area (Å²) in [5.41, 5.74) is 4.40. The minimum absolute atomic E-state index is 0.0509. The third-order valence-electron chi connectivity index (χ3n) is 5.90. The van der Waals surface area contributed by atoms with Gasteiger partial charge in [0.15, 0.2) is 0 Å². The highest BCUT2D eigenvalue weighted by Gasteiger charge is 2.27. The summed E-state index contributed by atoms with van der Waals surface area (Å²) in [7, 11) is 0. The third-order valence-corrected chi connectivity index (χ3v) is 5.90. The zero-order valence-electron chi connectivity index (χ0n) is 17.3. The molecule has 158 valence electrons. The molecule has 0 aromatic heterocycles. The molecule has 2 aliphatic heterocycles. The smallest absolute Gasteiger partial charge is 0.225 e. The van der Waals surface area contributed by atoms with E-state index in [-0.39, 0.29) is 24.2 Å². The lowest BCUT2D eigenvalue weighted by Crippen LogP contribution is -2.31. The van der Waals surface area contributed by atoms with Gasteiger partial charge in [-0.1, -0.05) is 25.0 Å². The fourth-order valence-electron chi connectivity index (χ4n) is 4.08. The molecule has 2 fully saturated rings. The monoisotopic (exact) mass is 406 g/mol. The molecule has 0 bridgehead atoms. The summed E-state index contributed by atoms with van der Waals surface area (Å²) in [5.74, 6) is -0.374. The van der Waals surface area contributed by atoms with E-state index in [0.717, 1.165) is 30.0 Å². The van der Waals surface area contributed by atoms with Crippen molar-refractivity contribution < 1.29 is 9.59 Å². The highest BCUT2D eigenvalue weighted by molar-refractivity contribution is 5.89. The quantitative estimate of drug-likeness (QED) is 0.686. The van der Waals surface area contributed by atoms with E-state index in [4.69, 9.17) is 0 Å². The molecule has 2 aliphatic rings. The number of amides is 2. The first-order chi connectivity index (χ1) is 14.7. The Kier molecular flexibility index (Phi) is 6.52. The zero-order valence-corrected chi connectivity index (χ0v) is 17.3. The Balaban J connectivity index is 1.28. The molecule has 2 amide bonds. The van der Waals surface area contributed by atoms with E-state index in [0.29, 0.717) is 13.1 Å². The average molecular weight is 407 g/mol. The van der Waals surface area contributed by atoms with Crippen molar-refractivity contribution in [3.63, 3.8) is 0 Å². The number of nitrogens with zero attached hydrogens (tertiary/aromatic N) is 1. The Bertz CT molecular complexity index is 856. The lowest BCUT2D eigenvalue weighted by Gasteiger charge is -2.23. The Morgan fingerprint density at radius 2 is 1.57 bits per heavy atom. The highest BCUT2D eigenvalue weighted by Crippen LogP contribution is 2.23. The molecule has 2 saturated heterocycles. The summed E-state index contributed by atoms with van der Waals surface area (Å²) in [4.78, 5) is 25.8. The zero-order chi connectivity index (χ0) is 20.8. The minimum Gasteiger partial charge on any atom is -0.372 e. The van der Waals surface area contributed by atoms with Crippen molar-refractivity contribution >= 4 is 28.9 Å². The van der Waals surface area contributed by atoms with Gasteiger partial charge in [-0.05, 0) is 54.8 Å². The molecule has 4 rings (SSSR count). The first-order valence-corrected chi connectivity index (χ1v) is 10.9. The lowest BCUT2D eigenvalue weighted by atomic mass is 10.1. The first-order valence-electron chi connectivity index (χ1n) is 10.9. The molecule has 0 aliphatic carbocycles. The molecule has 0 saturated carbocycles. The van der Waals surface area contributed by atoms with Gasteiger partial charge in [-0.15, -0.1) is 0 Å². The first kappa shape index (κ1) is 20.3. The molecule has 30 heavy (non-hydrogen) atoms. The van der Waals surface area contributed by atoms with Gasteiger partial charge in [-0.2, -0.15) is 0 Å². The second kappa shape index (κ2) is 9.65. The summed E-state index contributed by atoms with van der Waals surface area (Å²) in [6.07, 6.45) is 5.52. The van der Waals surface area contributed by atoms with E-state index in [1.165, 1.54) is 31.4 Å². The number of carbonyl (C=O) groups excluding carboxylic acids is 2. The fraction of sp³-hybridized carbons (Fsp3) is 0.417. The Labute approximate surface area is 178 Å². The third kappa shape index (κ3) is 5.32. The topological polar surface area (TPSA) is 73.5 Å². The number of hydrogen-bond donors (Lipinski definition) is 3. The molecule has 0 unspecified atom stereocenters. The number of carbonyl (C=O) groups is 2. The van der Waals surface area contributed by atoms with Crippen molar-refractivity contribution in [2.45, 2.75) is 38.6 Å². The van der Waals surface area contributed by atoms with Crippen LogP contribution < -0.4 is 20.9 Å². The SMILES string of the molecule is O=C1C[C@@H](C(=O)NCc2ccc(Nc3ccc(N4CCCCCC4)cc3)cc2)CN1. The summed E-state index contributed by atoms with van der Waals surface area (Å²) in [6.45, 7) is 3.20. The van der Waals surface area contributed by atoms with E-state index < -0.39 is 0 Å². The molecule has 3 N–H and O–H groups in total. The molecule has 1 atom stereocenters. The Hall–Kier alpha value is -3.02. The van der Waals surface area contributed by atoms with Crippen LogP contribution in [0.3, 0.4) is 0 Å². The predicted molar refractivity (Wildman–Crippen MR) is 120 cm³/mol. The maximum atomic E-state index is 12.1. The highest BCUT2D eigenvalue weighted by atomic mass is 16.2. The summed E-state index contributed by atoms with van der Waals surface area (Å²) < 4.78 is 0. The second-order valence-corrected chi connectivity index (χ2v) is 8.19. The van der Waals surface area contributed by atoms with Crippen LogP contribution in [0.5, 0.6) is 0 Å². The van der Waals surface area contributed by atoms with Gasteiger partial charge in [0.05, 0.1) is 5.92 Å². The van der Waals surface area contributed by atoms with Gasteiger partial charge in [0, 0.05) is 49.7 Å². The van der Waals surface area contributed by atoms with Gasteiger partial charge in [0.1, 0.15) is 0 Å². The van der Waals surface area contributed by atoms with E-state index in [1.54, 1.807) is 0 Å². The lowest BCUT2D eigenvalue weighted by molar-refractivity contribution is -0.126. The molecular weight excluding hydrogens is 376 g/mol.